The lowest BCUT2D eigenvalue weighted by Crippen LogP contribution is -2.22. The Morgan fingerprint density at radius 1 is 1.25 bits per heavy atom. The van der Waals surface area contributed by atoms with Gasteiger partial charge < -0.3 is 5.32 Å². The van der Waals surface area contributed by atoms with Crippen molar-refractivity contribution in [3.8, 4) is 0 Å². The number of carbonyl (C=O) groups excluding carboxylic acids is 1. The van der Waals surface area contributed by atoms with Crippen molar-refractivity contribution < 1.29 is 18.0 Å². The first-order chi connectivity index (χ1) is 7.40. The predicted octanol–water partition coefficient (Wildman–Crippen LogP) is 2.59. The van der Waals surface area contributed by atoms with Crippen molar-refractivity contribution in [1.29, 1.82) is 0 Å². The number of carbonyl (C=O) groups is 1. The Balaban J connectivity index is 3.46. The third-order valence-electron chi connectivity index (χ3n) is 2.26. The van der Waals surface area contributed by atoms with Gasteiger partial charge in [0.1, 0.15) is 11.4 Å². The highest BCUT2D eigenvalue weighted by Crippen LogP contribution is 2.25. The minimum atomic E-state index is -1.44. The van der Waals surface area contributed by atoms with E-state index in [0.717, 1.165) is 6.07 Å². The number of amides is 1. The predicted molar refractivity (Wildman–Crippen MR) is 53.8 cm³/mol. The summed E-state index contributed by atoms with van der Waals surface area (Å²) in [6.07, 6.45) is 0. The summed E-state index contributed by atoms with van der Waals surface area (Å²) in [4.78, 5) is 11.1. The Kier molecular flexibility index (Phi) is 3.57. The average molecular weight is 231 g/mol. The Morgan fingerprint density at radius 2 is 1.81 bits per heavy atom. The van der Waals surface area contributed by atoms with E-state index in [1.807, 2.05) is 0 Å². The van der Waals surface area contributed by atoms with Gasteiger partial charge in [0, 0.05) is 7.05 Å². The molecule has 0 saturated heterocycles. The molecular weight excluding hydrogens is 219 g/mol. The summed E-state index contributed by atoms with van der Waals surface area (Å²) in [5.74, 6) is -5.01. The number of hydrogen-bond acceptors (Lipinski definition) is 1. The second-order valence-electron chi connectivity index (χ2n) is 3.68. The molecule has 1 N–H and O–H groups in total. The van der Waals surface area contributed by atoms with Crippen LogP contribution in [-0.4, -0.2) is 13.0 Å². The van der Waals surface area contributed by atoms with Gasteiger partial charge >= 0.3 is 0 Å². The smallest absolute Gasteiger partial charge is 0.257 e. The molecule has 0 aliphatic rings. The molecule has 0 radical (unpaired) electrons. The zero-order valence-electron chi connectivity index (χ0n) is 9.20. The maximum atomic E-state index is 13.5. The van der Waals surface area contributed by atoms with Crippen molar-refractivity contribution in [1.82, 2.24) is 5.32 Å². The first kappa shape index (κ1) is 12.5. The van der Waals surface area contributed by atoms with E-state index in [9.17, 15) is 18.0 Å². The molecule has 1 amide bonds. The molecule has 1 aromatic rings. The van der Waals surface area contributed by atoms with Crippen LogP contribution in [0.2, 0.25) is 0 Å². The van der Waals surface area contributed by atoms with Crippen LogP contribution in [0.1, 0.15) is 35.7 Å². The zero-order valence-corrected chi connectivity index (χ0v) is 9.20. The quantitative estimate of drug-likeness (QED) is 0.779. The van der Waals surface area contributed by atoms with Gasteiger partial charge in [0.15, 0.2) is 11.6 Å². The van der Waals surface area contributed by atoms with Gasteiger partial charge in [-0.25, -0.2) is 13.2 Å². The van der Waals surface area contributed by atoms with E-state index in [1.165, 1.54) is 7.05 Å². The highest BCUT2D eigenvalue weighted by molar-refractivity contribution is 5.94. The van der Waals surface area contributed by atoms with E-state index < -0.39 is 28.9 Å². The summed E-state index contributed by atoms with van der Waals surface area (Å²) in [5, 5.41) is 2.05. The molecule has 0 aliphatic heterocycles. The molecule has 16 heavy (non-hydrogen) atoms. The molecule has 0 heterocycles. The lowest BCUT2D eigenvalue weighted by Gasteiger charge is -2.11. The van der Waals surface area contributed by atoms with Crippen LogP contribution in [-0.2, 0) is 0 Å². The van der Waals surface area contributed by atoms with Crippen LogP contribution in [0.4, 0.5) is 13.2 Å². The molecule has 2 nitrogen and oxygen atoms in total. The average Bonchev–Trinajstić information content (AvgIpc) is 2.22. The summed E-state index contributed by atoms with van der Waals surface area (Å²) >= 11 is 0. The Morgan fingerprint density at radius 3 is 2.25 bits per heavy atom. The molecule has 0 bridgehead atoms. The SMILES string of the molecule is CNC(=O)c1c(F)cc(C(C)C)c(F)c1F. The fraction of sp³-hybridized carbons (Fsp3) is 0.364. The molecule has 5 heteroatoms. The minimum absolute atomic E-state index is 0.0809. The topological polar surface area (TPSA) is 29.1 Å². The molecule has 1 aromatic carbocycles. The maximum absolute atomic E-state index is 13.5. The monoisotopic (exact) mass is 231 g/mol. The van der Waals surface area contributed by atoms with E-state index in [2.05, 4.69) is 5.32 Å². The van der Waals surface area contributed by atoms with Crippen molar-refractivity contribution >= 4 is 5.91 Å². The van der Waals surface area contributed by atoms with E-state index in [0.29, 0.717) is 0 Å². The summed E-state index contributed by atoms with van der Waals surface area (Å²) in [7, 11) is 1.22. The van der Waals surface area contributed by atoms with E-state index in [1.54, 1.807) is 13.8 Å². The van der Waals surface area contributed by atoms with Gasteiger partial charge in [-0.1, -0.05) is 13.8 Å². The minimum Gasteiger partial charge on any atom is -0.355 e. The van der Waals surface area contributed by atoms with Crippen LogP contribution in [0, 0.1) is 17.5 Å². The fourth-order valence-electron chi connectivity index (χ4n) is 1.37. The summed E-state index contributed by atoms with van der Waals surface area (Å²) in [6, 6.07) is 0.855. The van der Waals surface area contributed by atoms with Crippen molar-refractivity contribution in [3.63, 3.8) is 0 Å². The van der Waals surface area contributed by atoms with Crippen molar-refractivity contribution in [3.05, 3.63) is 34.6 Å². The summed E-state index contributed by atoms with van der Waals surface area (Å²) in [5.41, 5.74) is -0.966. The summed E-state index contributed by atoms with van der Waals surface area (Å²) < 4.78 is 40.3. The Labute approximate surface area is 91.5 Å². The molecule has 0 saturated carbocycles. The second-order valence-corrected chi connectivity index (χ2v) is 3.68. The second kappa shape index (κ2) is 4.55. The van der Waals surface area contributed by atoms with Gasteiger partial charge in [-0.05, 0) is 17.5 Å². The molecule has 0 atom stereocenters. The third kappa shape index (κ3) is 2.03. The molecule has 0 unspecified atom stereocenters. The highest BCUT2D eigenvalue weighted by atomic mass is 19.2. The number of hydrogen-bond donors (Lipinski definition) is 1. The van der Waals surface area contributed by atoms with Gasteiger partial charge in [0.25, 0.3) is 5.91 Å². The van der Waals surface area contributed by atoms with Crippen molar-refractivity contribution in [2.45, 2.75) is 19.8 Å². The Bertz CT molecular complexity index is 430. The standard InChI is InChI=1S/C11H12F3NO/c1-5(2)6-4-7(12)8(11(16)15-3)10(14)9(6)13/h4-5H,1-3H3,(H,15,16). The molecule has 0 spiro atoms. The van der Waals surface area contributed by atoms with E-state index in [-0.39, 0.29) is 11.5 Å². The number of rotatable bonds is 2. The lowest BCUT2D eigenvalue weighted by molar-refractivity contribution is 0.0953. The van der Waals surface area contributed by atoms with Crippen LogP contribution < -0.4 is 5.32 Å². The van der Waals surface area contributed by atoms with E-state index in [4.69, 9.17) is 0 Å². The van der Waals surface area contributed by atoms with Gasteiger partial charge in [0.2, 0.25) is 0 Å². The molecular formula is C11H12F3NO. The van der Waals surface area contributed by atoms with Crippen LogP contribution >= 0.6 is 0 Å². The van der Waals surface area contributed by atoms with Crippen LogP contribution in [0.15, 0.2) is 6.07 Å². The molecule has 0 aliphatic carbocycles. The summed E-state index contributed by atoms with van der Waals surface area (Å²) in [6.45, 7) is 3.22. The third-order valence-corrected chi connectivity index (χ3v) is 2.26. The van der Waals surface area contributed by atoms with Gasteiger partial charge in [-0.2, -0.15) is 0 Å². The fourth-order valence-corrected chi connectivity index (χ4v) is 1.37. The van der Waals surface area contributed by atoms with E-state index >= 15 is 0 Å². The Hall–Kier alpha value is -1.52. The molecule has 1 rings (SSSR count). The molecule has 0 aromatic heterocycles. The van der Waals surface area contributed by atoms with Crippen LogP contribution in [0.5, 0.6) is 0 Å². The maximum Gasteiger partial charge on any atom is 0.257 e. The van der Waals surface area contributed by atoms with Crippen molar-refractivity contribution in [2.24, 2.45) is 0 Å². The van der Waals surface area contributed by atoms with Crippen LogP contribution in [0.25, 0.3) is 0 Å². The zero-order chi connectivity index (χ0) is 12.5. The van der Waals surface area contributed by atoms with Crippen molar-refractivity contribution in [2.75, 3.05) is 7.05 Å². The first-order valence-electron chi connectivity index (χ1n) is 4.79. The van der Waals surface area contributed by atoms with Gasteiger partial charge in [-0.15, -0.1) is 0 Å². The van der Waals surface area contributed by atoms with Gasteiger partial charge in [0.05, 0.1) is 0 Å². The number of nitrogens with one attached hydrogen (secondary N) is 1. The van der Waals surface area contributed by atoms with Crippen LogP contribution in [0.3, 0.4) is 0 Å². The number of halogens is 3. The first-order valence-corrected chi connectivity index (χ1v) is 4.79. The number of benzene rings is 1. The molecule has 88 valence electrons. The largest absolute Gasteiger partial charge is 0.355 e. The van der Waals surface area contributed by atoms with Gasteiger partial charge in [-0.3, -0.25) is 4.79 Å². The lowest BCUT2D eigenvalue weighted by atomic mass is 9.99. The highest BCUT2D eigenvalue weighted by Gasteiger charge is 2.24. The molecule has 0 fully saturated rings. The normalized spacial score (nSPS) is 10.7.